The molecular formula is C15H23N3O3. The first-order chi connectivity index (χ1) is 10.0. The van der Waals surface area contributed by atoms with Crippen molar-refractivity contribution in [2.45, 2.75) is 38.8 Å². The normalized spacial score (nSPS) is 18.3. The molecule has 0 aromatic heterocycles. The van der Waals surface area contributed by atoms with Crippen LogP contribution in [-0.2, 0) is 0 Å². The molecule has 1 fully saturated rings. The van der Waals surface area contributed by atoms with Crippen molar-refractivity contribution in [2.75, 3.05) is 25.0 Å². The van der Waals surface area contributed by atoms with Crippen molar-refractivity contribution in [3.8, 4) is 5.75 Å². The van der Waals surface area contributed by atoms with Gasteiger partial charge in [0.15, 0.2) is 0 Å². The van der Waals surface area contributed by atoms with Crippen molar-refractivity contribution >= 4 is 11.4 Å². The lowest BCUT2D eigenvalue weighted by Crippen LogP contribution is -2.36. The second kappa shape index (κ2) is 6.76. The second-order valence-electron chi connectivity index (χ2n) is 5.66. The van der Waals surface area contributed by atoms with Crippen LogP contribution in [0.4, 0.5) is 11.4 Å². The number of hydrogen-bond acceptors (Lipinski definition) is 5. The Bertz CT molecular complexity index is 505. The molecule has 1 saturated heterocycles. The third kappa shape index (κ3) is 3.85. The van der Waals surface area contributed by atoms with E-state index in [1.807, 2.05) is 27.0 Å². The lowest BCUT2D eigenvalue weighted by molar-refractivity contribution is -0.384. The first-order valence-corrected chi connectivity index (χ1v) is 7.38. The van der Waals surface area contributed by atoms with Crippen molar-refractivity contribution in [2.24, 2.45) is 0 Å². The minimum Gasteiger partial charge on any atom is -0.491 e. The predicted octanol–water partition coefficient (Wildman–Crippen LogP) is 2.57. The van der Waals surface area contributed by atoms with Gasteiger partial charge in [0.1, 0.15) is 5.75 Å². The van der Waals surface area contributed by atoms with Crippen molar-refractivity contribution < 1.29 is 9.66 Å². The van der Waals surface area contributed by atoms with Gasteiger partial charge >= 0.3 is 0 Å². The maximum absolute atomic E-state index is 11.1. The van der Waals surface area contributed by atoms with Gasteiger partial charge in [-0.05, 0) is 33.7 Å². The summed E-state index contributed by atoms with van der Waals surface area (Å²) in [6, 6.07) is 5.42. The molecule has 1 aromatic rings. The highest BCUT2D eigenvalue weighted by molar-refractivity contribution is 5.59. The molecule has 1 unspecified atom stereocenters. The highest BCUT2D eigenvalue weighted by Gasteiger charge is 2.26. The fourth-order valence-electron chi connectivity index (χ4n) is 2.80. The molecule has 1 aliphatic rings. The number of likely N-dealkylation sites (N-methyl/N-ethyl adjacent to an activating group) is 1. The zero-order valence-corrected chi connectivity index (χ0v) is 12.8. The Kier molecular flexibility index (Phi) is 5.01. The monoisotopic (exact) mass is 293 g/mol. The van der Waals surface area contributed by atoms with Crippen molar-refractivity contribution in [3.05, 3.63) is 28.3 Å². The number of rotatable bonds is 6. The number of anilines is 1. The summed E-state index contributed by atoms with van der Waals surface area (Å²) in [5, 5.41) is 14.3. The van der Waals surface area contributed by atoms with Gasteiger partial charge in [0.2, 0.25) is 0 Å². The van der Waals surface area contributed by atoms with E-state index in [4.69, 9.17) is 4.74 Å². The van der Waals surface area contributed by atoms with E-state index in [2.05, 4.69) is 10.2 Å². The van der Waals surface area contributed by atoms with E-state index in [0.717, 1.165) is 31.6 Å². The number of nitrogens with one attached hydrogen (secondary N) is 1. The van der Waals surface area contributed by atoms with Crippen LogP contribution >= 0.6 is 0 Å². The van der Waals surface area contributed by atoms with Crippen LogP contribution in [0.25, 0.3) is 0 Å². The third-order valence-electron chi connectivity index (χ3n) is 3.61. The lowest BCUT2D eigenvalue weighted by atomic mass is 10.2. The molecule has 1 atom stereocenters. The Morgan fingerprint density at radius 2 is 2.24 bits per heavy atom. The van der Waals surface area contributed by atoms with Gasteiger partial charge in [-0.25, -0.2) is 0 Å². The largest absolute Gasteiger partial charge is 0.491 e. The van der Waals surface area contributed by atoms with Crippen LogP contribution < -0.4 is 15.0 Å². The Balaban J connectivity index is 2.32. The van der Waals surface area contributed by atoms with E-state index < -0.39 is 0 Å². The van der Waals surface area contributed by atoms with E-state index in [-0.39, 0.29) is 16.7 Å². The van der Waals surface area contributed by atoms with Crippen molar-refractivity contribution in [1.29, 1.82) is 0 Å². The summed E-state index contributed by atoms with van der Waals surface area (Å²) in [7, 11) is 1.93. The topological polar surface area (TPSA) is 67.6 Å². The number of nitrogens with zero attached hydrogens (tertiary/aromatic N) is 2. The molecule has 116 valence electrons. The molecule has 21 heavy (non-hydrogen) atoms. The van der Waals surface area contributed by atoms with Crippen LogP contribution in [0.2, 0.25) is 0 Å². The highest BCUT2D eigenvalue weighted by atomic mass is 16.6. The molecule has 6 heteroatoms. The third-order valence-corrected chi connectivity index (χ3v) is 3.61. The molecule has 1 N–H and O–H groups in total. The number of hydrogen-bond donors (Lipinski definition) is 1. The maximum atomic E-state index is 11.1. The van der Waals surface area contributed by atoms with Gasteiger partial charge in [-0.15, -0.1) is 0 Å². The van der Waals surface area contributed by atoms with Gasteiger partial charge in [-0.2, -0.15) is 0 Å². The van der Waals surface area contributed by atoms with Crippen LogP contribution in [0, 0.1) is 10.1 Å². The summed E-state index contributed by atoms with van der Waals surface area (Å²) in [6.07, 6.45) is 2.20. The quantitative estimate of drug-likeness (QED) is 0.645. The minimum atomic E-state index is -0.361. The van der Waals surface area contributed by atoms with E-state index in [1.54, 1.807) is 6.07 Å². The second-order valence-corrected chi connectivity index (χ2v) is 5.66. The molecule has 0 saturated carbocycles. The van der Waals surface area contributed by atoms with Gasteiger partial charge < -0.3 is 15.0 Å². The summed E-state index contributed by atoms with van der Waals surface area (Å²) >= 11 is 0. The number of benzene rings is 1. The summed E-state index contributed by atoms with van der Waals surface area (Å²) in [5.41, 5.74) is 0.954. The van der Waals surface area contributed by atoms with E-state index in [9.17, 15) is 10.1 Å². The van der Waals surface area contributed by atoms with E-state index >= 15 is 0 Å². The minimum absolute atomic E-state index is 0.00784. The zero-order chi connectivity index (χ0) is 15.4. The van der Waals surface area contributed by atoms with E-state index in [0.29, 0.717) is 11.8 Å². The SMILES string of the molecule is CNCC1CCCN1c1cc(OC(C)C)cc([N+](=O)[O-])c1. The summed E-state index contributed by atoms with van der Waals surface area (Å²) in [5.74, 6) is 0.560. The van der Waals surface area contributed by atoms with Crippen LogP contribution in [0.5, 0.6) is 5.75 Å². The van der Waals surface area contributed by atoms with Gasteiger partial charge in [0.05, 0.1) is 17.1 Å². The van der Waals surface area contributed by atoms with Crippen LogP contribution in [0.1, 0.15) is 26.7 Å². The number of non-ortho nitro benzene ring substituents is 1. The predicted molar refractivity (Wildman–Crippen MR) is 83.2 cm³/mol. The van der Waals surface area contributed by atoms with Crippen molar-refractivity contribution in [1.82, 2.24) is 5.32 Å². The first-order valence-electron chi connectivity index (χ1n) is 7.38. The lowest BCUT2D eigenvalue weighted by Gasteiger charge is -2.27. The first kappa shape index (κ1) is 15.6. The molecule has 1 aromatic carbocycles. The standard InChI is InChI=1S/C15H23N3O3/c1-11(2)21-15-8-13(7-14(9-15)18(19)20)17-6-4-5-12(17)10-16-3/h7-9,11-12,16H,4-6,10H2,1-3H3. The van der Waals surface area contributed by atoms with Crippen LogP contribution in [0.3, 0.4) is 0 Å². The molecule has 0 radical (unpaired) electrons. The Morgan fingerprint density at radius 1 is 1.48 bits per heavy atom. The Morgan fingerprint density at radius 3 is 2.86 bits per heavy atom. The van der Waals surface area contributed by atoms with Crippen LogP contribution in [0.15, 0.2) is 18.2 Å². The van der Waals surface area contributed by atoms with Crippen LogP contribution in [-0.4, -0.2) is 37.2 Å². The van der Waals surface area contributed by atoms with Gasteiger partial charge in [-0.3, -0.25) is 10.1 Å². The number of nitro groups is 1. The Labute approximate surface area is 125 Å². The molecule has 0 amide bonds. The van der Waals surface area contributed by atoms with Gasteiger partial charge in [-0.1, -0.05) is 0 Å². The Hall–Kier alpha value is -1.82. The average Bonchev–Trinajstić information content (AvgIpc) is 2.86. The summed E-state index contributed by atoms with van der Waals surface area (Å²) in [4.78, 5) is 13.0. The fourth-order valence-corrected chi connectivity index (χ4v) is 2.80. The van der Waals surface area contributed by atoms with Gasteiger partial charge in [0, 0.05) is 37.0 Å². The maximum Gasteiger partial charge on any atom is 0.275 e. The molecule has 0 spiro atoms. The molecule has 0 bridgehead atoms. The summed E-state index contributed by atoms with van der Waals surface area (Å²) < 4.78 is 5.65. The molecule has 0 aliphatic carbocycles. The molecule has 6 nitrogen and oxygen atoms in total. The van der Waals surface area contributed by atoms with E-state index in [1.165, 1.54) is 6.07 Å². The summed E-state index contributed by atoms with van der Waals surface area (Å²) in [6.45, 7) is 5.63. The average molecular weight is 293 g/mol. The van der Waals surface area contributed by atoms with Crippen molar-refractivity contribution in [3.63, 3.8) is 0 Å². The smallest absolute Gasteiger partial charge is 0.275 e. The molecular weight excluding hydrogens is 270 g/mol. The zero-order valence-electron chi connectivity index (χ0n) is 12.8. The number of ether oxygens (including phenoxy) is 1. The fraction of sp³-hybridized carbons (Fsp3) is 0.600. The highest BCUT2D eigenvalue weighted by Crippen LogP contribution is 2.33. The van der Waals surface area contributed by atoms with Gasteiger partial charge in [0.25, 0.3) is 5.69 Å². The molecule has 1 heterocycles. The molecule has 1 aliphatic heterocycles. The molecule has 2 rings (SSSR count). The number of nitro benzene ring substituents is 1.